The summed E-state index contributed by atoms with van der Waals surface area (Å²) < 4.78 is 76.8. The Bertz CT molecular complexity index is 1060. The number of alkyl halides is 3. The van der Waals surface area contributed by atoms with Gasteiger partial charge in [-0.05, 0) is 30.3 Å². The van der Waals surface area contributed by atoms with E-state index in [9.17, 15) is 26.0 Å². The normalized spacial score (nSPS) is 12.3. The molecule has 0 aliphatic carbocycles. The van der Waals surface area contributed by atoms with Crippen LogP contribution in [0.2, 0.25) is 0 Å². The fourth-order valence-corrected chi connectivity index (χ4v) is 2.94. The van der Waals surface area contributed by atoms with Gasteiger partial charge >= 0.3 is 6.18 Å². The summed E-state index contributed by atoms with van der Waals surface area (Å²) in [5.41, 5.74) is -0.878. The number of rotatable bonds is 3. The van der Waals surface area contributed by atoms with Crippen LogP contribution in [0.1, 0.15) is 5.69 Å². The van der Waals surface area contributed by atoms with Crippen molar-refractivity contribution < 1.29 is 26.0 Å². The van der Waals surface area contributed by atoms with E-state index < -0.39 is 27.5 Å². The summed E-state index contributed by atoms with van der Waals surface area (Å²) >= 11 is 0. The Hall–Kier alpha value is -2.75. The van der Waals surface area contributed by atoms with Gasteiger partial charge in [-0.25, -0.2) is 17.8 Å². The minimum Gasteiger partial charge on any atom is -0.299 e. The van der Waals surface area contributed by atoms with Crippen LogP contribution in [0.25, 0.3) is 17.1 Å². The van der Waals surface area contributed by atoms with E-state index in [1.54, 1.807) is 0 Å². The summed E-state index contributed by atoms with van der Waals surface area (Å²) in [4.78, 5) is 7.20. The maximum atomic E-state index is 13.4. The van der Waals surface area contributed by atoms with E-state index in [1.807, 2.05) is 0 Å². The van der Waals surface area contributed by atoms with Gasteiger partial charge in [0.15, 0.2) is 15.5 Å². The number of hydrogen-bond acceptors (Lipinski definition) is 4. The Morgan fingerprint density at radius 2 is 1.73 bits per heavy atom. The molecular formula is C16H11F4N3O2S. The number of aromatic nitrogens is 3. The predicted molar refractivity (Wildman–Crippen MR) is 84.9 cm³/mol. The van der Waals surface area contributed by atoms with Crippen molar-refractivity contribution in [2.45, 2.75) is 11.1 Å². The number of pyridine rings is 1. The Kier molecular flexibility index (Phi) is 4.31. The van der Waals surface area contributed by atoms with E-state index in [-0.39, 0.29) is 22.0 Å². The Morgan fingerprint density at radius 1 is 1.08 bits per heavy atom. The first-order chi connectivity index (χ1) is 12.1. The topological polar surface area (TPSA) is 64.8 Å². The molecular weight excluding hydrogens is 374 g/mol. The lowest BCUT2D eigenvalue weighted by Gasteiger charge is -2.08. The Labute approximate surface area is 145 Å². The molecule has 0 aliphatic heterocycles. The maximum Gasteiger partial charge on any atom is 0.434 e. The molecule has 0 fully saturated rings. The number of halogens is 4. The van der Waals surface area contributed by atoms with Crippen molar-refractivity contribution in [1.29, 1.82) is 0 Å². The molecule has 0 saturated carbocycles. The van der Waals surface area contributed by atoms with Crippen molar-refractivity contribution in [3.05, 3.63) is 60.4 Å². The molecule has 3 aromatic rings. The van der Waals surface area contributed by atoms with Crippen molar-refractivity contribution in [3.8, 4) is 17.1 Å². The van der Waals surface area contributed by atoms with Crippen molar-refractivity contribution in [2.24, 2.45) is 0 Å². The van der Waals surface area contributed by atoms with E-state index in [4.69, 9.17) is 0 Å². The highest BCUT2D eigenvalue weighted by Gasteiger charge is 2.35. The van der Waals surface area contributed by atoms with Crippen LogP contribution in [0, 0.1) is 5.82 Å². The minimum atomic E-state index is -4.70. The molecule has 0 unspecified atom stereocenters. The monoisotopic (exact) mass is 385 g/mol. The third-order valence-corrected chi connectivity index (χ3v) is 4.63. The largest absolute Gasteiger partial charge is 0.434 e. The van der Waals surface area contributed by atoms with Crippen molar-refractivity contribution in [3.63, 3.8) is 0 Å². The van der Waals surface area contributed by atoms with Crippen LogP contribution >= 0.6 is 0 Å². The molecule has 10 heteroatoms. The zero-order valence-corrected chi connectivity index (χ0v) is 14.0. The number of sulfone groups is 1. The van der Waals surface area contributed by atoms with Crippen molar-refractivity contribution in [2.75, 3.05) is 6.26 Å². The molecule has 0 spiro atoms. The number of benzene rings is 1. The van der Waals surface area contributed by atoms with Crippen LogP contribution in [-0.2, 0) is 16.0 Å². The number of hydrogen-bond donors (Lipinski definition) is 0. The summed E-state index contributed by atoms with van der Waals surface area (Å²) in [6.45, 7) is 0. The third kappa shape index (κ3) is 3.59. The molecule has 2 aromatic heterocycles. The molecule has 0 aliphatic rings. The van der Waals surface area contributed by atoms with E-state index in [2.05, 4.69) is 9.97 Å². The van der Waals surface area contributed by atoms with E-state index in [1.165, 1.54) is 30.5 Å². The second kappa shape index (κ2) is 6.20. The van der Waals surface area contributed by atoms with Crippen LogP contribution in [0.3, 0.4) is 0 Å². The van der Waals surface area contributed by atoms with E-state index in [0.29, 0.717) is 0 Å². The van der Waals surface area contributed by atoms with E-state index in [0.717, 1.165) is 29.3 Å². The average molecular weight is 385 g/mol. The van der Waals surface area contributed by atoms with Gasteiger partial charge in [0.05, 0.1) is 11.1 Å². The number of imidazole rings is 1. The van der Waals surface area contributed by atoms with Gasteiger partial charge in [0, 0.05) is 29.9 Å². The fourth-order valence-electron chi connectivity index (χ4n) is 2.31. The molecule has 0 radical (unpaired) electrons. The third-order valence-electron chi connectivity index (χ3n) is 3.50. The summed E-state index contributed by atoms with van der Waals surface area (Å²) in [5.74, 6) is -0.894. The lowest BCUT2D eigenvalue weighted by molar-refractivity contribution is -0.140. The SMILES string of the molecule is CS(=O)(=O)c1ccc(-n2cc(C(F)(F)F)nc2-c2cncc(F)c2)cc1. The van der Waals surface area contributed by atoms with Gasteiger partial charge in [-0.15, -0.1) is 0 Å². The molecule has 0 atom stereocenters. The zero-order chi connectivity index (χ0) is 19.1. The molecule has 1 aromatic carbocycles. The quantitative estimate of drug-likeness (QED) is 0.648. The highest BCUT2D eigenvalue weighted by atomic mass is 32.2. The Balaban J connectivity index is 2.18. The van der Waals surface area contributed by atoms with Crippen molar-refractivity contribution in [1.82, 2.24) is 14.5 Å². The highest BCUT2D eigenvalue weighted by Crippen LogP contribution is 2.32. The molecule has 136 valence electrons. The Morgan fingerprint density at radius 3 is 2.27 bits per heavy atom. The molecule has 2 heterocycles. The maximum absolute atomic E-state index is 13.4. The zero-order valence-electron chi connectivity index (χ0n) is 13.2. The van der Waals surface area contributed by atoms with Gasteiger partial charge in [0.25, 0.3) is 0 Å². The first kappa shape index (κ1) is 18.1. The summed E-state index contributed by atoms with van der Waals surface area (Å²) in [6, 6.07) is 6.23. The molecule has 5 nitrogen and oxygen atoms in total. The van der Waals surface area contributed by atoms with Crippen LogP contribution in [0.15, 0.2) is 53.8 Å². The molecule has 0 amide bonds. The molecule has 0 bridgehead atoms. The van der Waals surface area contributed by atoms with Gasteiger partial charge in [-0.2, -0.15) is 13.2 Å². The standard InChI is InChI=1S/C16H11F4N3O2S/c1-26(24,25)13-4-2-12(3-5-13)23-9-14(16(18,19)20)22-15(23)10-6-11(17)8-21-7-10/h2-9H,1H3. The summed E-state index contributed by atoms with van der Waals surface area (Å²) in [6.07, 6.45) is -0.816. The van der Waals surface area contributed by atoms with Crippen molar-refractivity contribution >= 4 is 9.84 Å². The molecule has 0 N–H and O–H groups in total. The van der Waals surface area contributed by atoms with Gasteiger partial charge in [-0.3, -0.25) is 9.55 Å². The molecule has 0 saturated heterocycles. The predicted octanol–water partition coefficient (Wildman–Crippen LogP) is 3.50. The van der Waals surface area contributed by atoms with Gasteiger partial charge < -0.3 is 0 Å². The van der Waals surface area contributed by atoms with Crippen LogP contribution < -0.4 is 0 Å². The lowest BCUT2D eigenvalue weighted by atomic mass is 10.2. The van der Waals surface area contributed by atoms with Gasteiger partial charge in [0.2, 0.25) is 0 Å². The summed E-state index contributed by atoms with van der Waals surface area (Å²) in [7, 11) is -3.45. The van der Waals surface area contributed by atoms with Gasteiger partial charge in [0.1, 0.15) is 11.6 Å². The highest BCUT2D eigenvalue weighted by molar-refractivity contribution is 7.90. The van der Waals surface area contributed by atoms with Crippen LogP contribution in [0.4, 0.5) is 17.6 Å². The fraction of sp³-hybridized carbons (Fsp3) is 0.125. The molecule has 26 heavy (non-hydrogen) atoms. The number of nitrogens with zero attached hydrogens (tertiary/aromatic N) is 3. The van der Waals surface area contributed by atoms with E-state index >= 15 is 0 Å². The van der Waals surface area contributed by atoms with Gasteiger partial charge in [-0.1, -0.05) is 0 Å². The molecule has 3 rings (SSSR count). The van der Waals surface area contributed by atoms with Crippen LogP contribution in [-0.4, -0.2) is 29.2 Å². The lowest BCUT2D eigenvalue weighted by Crippen LogP contribution is -2.05. The second-order valence-electron chi connectivity index (χ2n) is 5.48. The minimum absolute atomic E-state index is 0.0198. The first-order valence-electron chi connectivity index (χ1n) is 7.14. The second-order valence-corrected chi connectivity index (χ2v) is 7.49. The first-order valence-corrected chi connectivity index (χ1v) is 9.03. The average Bonchev–Trinajstić information content (AvgIpc) is 3.00. The van der Waals surface area contributed by atoms with Crippen LogP contribution in [0.5, 0.6) is 0 Å². The smallest absolute Gasteiger partial charge is 0.299 e. The summed E-state index contributed by atoms with van der Waals surface area (Å²) in [5, 5.41) is 0.